The average molecular weight is 319 g/mol. The first kappa shape index (κ1) is 15.8. The van der Waals surface area contributed by atoms with Gasteiger partial charge in [0.15, 0.2) is 0 Å². The summed E-state index contributed by atoms with van der Waals surface area (Å²) in [4.78, 5) is 11.1. The summed E-state index contributed by atoms with van der Waals surface area (Å²) >= 11 is 0. The first-order valence-electron chi connectivity index (χ1n) is 6.42. The van der Waals surface area contributed by atoms with E-state index in [1.807, 2.05) is 0 Å². The van der Waals surface area contributed by atoms with Crippen LogP contribution in [0.15, 0.2) is 23.1 Å². The molecule has 8 heteroatoms. The number of ether oxygens (including phenoxy) is 1. The molecule has 0 N–H and O–H groups in total. The fraction of sp³-hybridized carbons (Fsp3) is 0.462. The lowest BCUT2D eigenvalue weighted by atomic mass is 10.1. The van der Waals surface area contributed by atoms with E-state index >= 15 is 0 Å². The third-order valence-electron chi connectivity index (χ3n) is 3.41. The zero-order chi connectivity index (χ0) is 15.6. The maximum Gasteiger partial charge on any atom is 0.324 e. The molecule has 0 amide bonds. The van der Waals surface area contributed by atoms with Crippen molar-refractivity contribution in [2.45, 2.75) is 30.2 Å². The van der Waals surface area contributed by atoms with E-state index in [0.717, 1.165) is 16.4 Å². The number of rotatable bonds is 3. The van der Waals surface area contributed by atoms with Gasteiger partial charge in [0.2, 0.25) is 10.0 Å². The van der Waals surface area contributed by atoms with Crippen LogP contribution >= 0.6 is 0 Å². The summed E-state index contributed by atoms with van der Waals surface area (Å²) in [6.07, 6.45) is 1.56. The number of halogens is 2. The molecule has 0 aliphatic carbocycles. The maximum atomic E-state index is 13.7. The molecule has 1 heterocycles. The van der Waals surface area contributed by atoms with Gasteiger partial charge in [-0.3, -0.25) is 4.79 Å². The van der Waals surface area contributed by atoms with E-state index in [1.54, 1.807) is 0 Å². The van der Waals surface area contributed by atoms with Crippen LogP contribution in [0.25, 0.3) is 0 Å². The van der Waals surface area contributed by atoms with E-state index in [2.05, 4.69) is 4.74 Å². The third-order valence-corrected chi connectivity index (χ3v) is 5.35. The van der Waals surface area contributed by atoms with E-state index in [-0.39, 0.29) is 6.54 Å². The zero-order valence-electron chi connectivity index (χ0n) is 11.4. The highest BCUT2D eigenvalue weighted by molar-refractivity contribution is 7.89. The van der Waals surface area contributed by atoms with Crippen molar-refractivity contribution in [1.82, 2.24) is 4.31 Å². The number of carbonyl (C=O) groups excluding carboxylic acids is 1. The number of hydrogen-bond acceptors (Lipinski definition) is 4. The molecule has 1 fully saturated rings. The topological polar surface area (TPSA) is 63.7 Å². The van der Waals surface area contributed by atoms with Gasteiger partial charge >= 0.3 is 5.97 Å². The molecule has 1 aliphatic rings. The van der Waals surface area contributed by atoms with Crippen molar-refractivity contribution in [3.63, 3.8) is 0 Å². The molecular formula is C13H15F2NO4S. The Morgan fingerprint density at radius 1 is 1.33 bits per heavy atom. The lowest BCUT2D eigenvalue weighted by Gasteiger charge is -2.32. The maximum absolute atomic E-state index is 13.7. The molecular weight excluding hydrogens is 304 g/mol. The van der Waals surface area contributed by atoms with E-state index in [4.69, 9.17) is 0 Å². The number of esters is 1. The van der Waals surface area contributed by atoms with Gasteiger partial charge in [-0.15, -0.1) is 0 Å². The Balaban J connectivity index is 2.43. The molecule has 1 aromatic carbocycles. The van der Waals surface area contributed by atoms with Crippen molar-refractivity contribution in [3.05, 3.63) is 29.8 Å². The van der Waals surface area contributed by atoms with Crippen LogP contribution in [-0.4, -0.2) is 38.4 Å². The SMILES string of the molecule is COC(=O)[C@H]1CCCCN1S(=O)(=O)c1ccc(F)cc1F. The Morgan fingerprint density at radius 2 is 2.05 bits per heavy atom. The molecule has 1 aliphatic heterocycles. The minimum Gasteiger partial charge on any atom is -0.468 e. The molecule has 1 saturated heterocycles. The molecule has 0 spiro atoms. The molecule has 0 bridgehead atoms. The highest BCUT2D eigenvalue weighted by atomic mass is 32.2. The van der Waals surface area contributed by atoms with Crippen LogP contribution < -0.4 is 0 Å². The first-order valence-corrected chi connectivity index (χ1v) is 7.86. The second-order valence-corrected chi connectivity index (χ2v) is 6.58. The van der Waals surface area contributed by atoms with Gasteiger partial charge in [0.1, 0.15) is 22.6 Å². The van der Waals surface area contributed by atoms with Crippen LogP contribution in [0.5, 0.6) is 0 Å². The van der Waals surface area contributed by atoms with Crippen molar-refractivity contribution in [2.24, 2.45) is 0 Å². The molecule has 0 unspecified atom stereocenters. The third kappa shape index (κ3) is 3.06. The number of hydrogen-bond donors (Lipinski definition) is 0. The minimum absolute atomic E-state index is 0.0961. The quantitative estimate of drug-likeness (QED) is 0.795. The number of sulfonamides is 1. The Bertz CT molecular complexity index is 648. The molecule has 0 radical (unpaired) electrons. The summed E-state index contributed by atoms with van der Waals surface area (Å²) in [6, 6.07) is 1.26. The summed E-state index contributed by atoms with van der Waals surface area (Å²) in [7, 11) is -3.06. The highest BCUT2D eigenvalue weighted by Gasteiger charge is 2.39. The molecule has 5 nitrogen and oxygen atoms in total. The van der Waals surface area contributed by atoms with Crippen LogP contribution in [-0.2, 0) is 19.6 Å². The van der Waals surface area contributed by atoms with E-state index in [1.165, 1.54) is 7.11 Å². The molecule has 2 rings (SSSR count). The molecule has 21 heavy (non-hydrogen) atoms. The normalized spacial score (nSPS) is 20.2. The Kier molecular flexibility index (Phi) is 4.58. The van der Waals surface area contributed by atoms with E-state index in [9.17, 15) is 22.0 Å². The van der Waals surface area contributed by atoms with Gasteiger partial charge in [0, 0.05) is 12.6 Å². The van der Waals surface area contributed by atoms with Crippen LogP contribution in [0.4, 0.5) is 8.78 Å². The van der Waals surface area contributed by atoms with Gasteiger partial charge in [-0.1, -0.05) is 0 Å². The fourth-order valence-corrected chi connectivity index (χ4v) is 4.07. The van der Waals surface area contributed by atoms with E-state index in [0.29, 0.717) is 25.3 Å². The van der Waals surface area contributed by atoms with Crippen LogP contribution in [0, 0.1) is 11.6 Å². The first-order chi connectivity index (χ1) is 9.87. The highest BCUT2D eigenvalue weighted by Crippen LogP contribution is 2.27. The predicted molar refractivity (Wildman–Crippen MR) is 69.9 cm³/mol. The second kappa shape index (κ2) is 6.07. The lowest BCUT2D eigenvalue weighted by molar-refractivity contribution is -0.146. The van der Waals surface area contributed by atoms with Crippen LogP contribution in [0.3, 0.4) is 0 Å². The van der Waals surface area contributed by atoms with Gasteiger partial charge < -0.3 is 4.74 Å². The fourth-order valence-electron chi connectivity index (χ4n) is 2.38. The Morgan fingerprint density at radius 3 is 2.67 bits per heavy atom. The predicted octanol–water partition coefficient (Wildman–Crippen LogP) is 1.68. The van der Waals surface area contributed by atoms with Crippen molar-refractivity contribution >= 4 is 16.0 Å². The van der Waals surface area contributed by atoms with Gasteiger partial charge in [-0.2, -0.15) is 4.31 Å². The van der Waals surface area contributed by atoms with Gasteiger partial charge in [0.25, 0.3) is 0 Å². The van der Waals surface area contributed by atoms with Crippen LogP contribution in [0.2, 0.25) is 0 Å². The van der Waals surface area contributed by atoms with Crippen molar-refractivity contribution in [3.8, 4) is 0 Å². The number of nitrogens with zero attached hydrogens (tertiary/aromatic N) is 1. The summed E-state index contributed by atoms with van der Waals surface area (Å²) < 4.78 is 57.2. The summed E-state index contributed by atoms with van der Waals surface area (Å²) in [5, 5.41) is 0. The van der Waals surface area contributed by atoms with E-state index < -0.39 is 38.6 Å². The minimum atomic E-state index is -4.22. The lowest BCUT2D eigenvalue weighted by Crippen LogP contribution is -2.48. The molecule has 0 saturated carbocycles. The largest absolute Gasteiger partial charge is 0.468 e. The summed E-state index contributed by atoms with van der Waals surface area (Å²) in [5.41, 5.74) is 0. The Hall–Kier alpha value is -1.54. The zero-order valence-corrected chi connectivity index (χ0v) is 12.2. The molecule has 0 aromatic heterocycles. The molecule has 1 atom stereocenters. The molecule has 1 aromatic rings. The number of benzene rings is 1. The summed E-state index contributed by atoms with van der Waals surface area (Å²) in [6.45, 7) is 0.0961. The summed E-state index contributed by atoms with van der Waals surface area (Å²) in [5.74, 6) is -2.72. The second-order valence-electron chi connectivity index (χ2n) is 4.73. The van der Waals surface area contributed by atoms with Crippen LogP contribution in [0.1, 0.15) is 19.3 Å². The smallest absolute Gasteiger partial charge is 0.324 e. The van der Waals surface area contributed by atoms with Crippen molar-refractivity contribution in [1.29, 1.82) is 0 Å². The van der Waals surface area contributed by atoms with Crippen molar-refractivity contribution < 1.29 is 26.7 Å². The number of carbonyl (C=O) groups is 1. The van der Waals surface area contributed by atoms with Gasteiger partial charge in [0.05, 0.1) is 7.11 Å². The monoisotopic (exact) mass is 319 g/mol. The average Bonchev–Trinajstić information content (AvgIpc) is 2.46. The number of methoxy groups -OCH3 is 1. The van der Waals surface area contributed by atoms with Gasteiger partial charge in [-0.05, 0) is 31.4 Å². The Labute approximate surface area is 121 Å². The molecule has 116 valence electrons. The van der Waals surface area contributed by atoms with Crippen molar-refractivity contribution in [2.75, 3.05) is 13.7 Å². The van der Waals surface area contributed by atoms with Gasteiger partial charge in [-0.25, -0.2) is 17.2 Å². The number of piperidine rings is 1. The standard InChI is InChI=1S/C13H15F2NO4S/c1-20-13(17)11-4-2-3-7-16(11)21(18,19)12-6-5-9(14)8-10(12)15/h5-6,8,11H,2-4,7H2,1H3/t11-/m1/s1.